The minimum Gasteiger partial charge on any atom is -0.396 e. The maximum absolute atomic E-state index is 13.2. The largest absolute Gasteiger partial charge is 0.396 e. The minimum absolute atomic E-state index is 0.158. The summed E-state index contributed by atoms with van der Waals surface area (Å²) in [6.07, 6.45) is -0.635. The lowest BCUT2D eigenvalue weighted by Crippen LogP contribution is -2.15. The Morgan fingerprint density at radius 3 is 2.07 bits per heavy atom. The molecular weight excluding hydrogens is 233 g/mol. The summed E-state index contributed by atoms with van der Waals surface area (Å²) in [6, 6.07) is 3.66. The highest BCUT2D eigenvalue weighted by Crippen LogP contribution is 2.34. The molecule has 78 valence electrons. The molecule has 0 bridgehead atoms. The fourth-order valence-electron chi connectivity index (χ4n) is 1.05. The smallest absolute Gasteiger partial charge is 0.275 e. The van der Waals surface area contributed by atoms with Crippen LogP contribution in [0, 0.1) is 0 Å². The van der Waals surface area contributed by atoms with Crippen LogP contribution < -0.4 is 0 Å². The lowest BCUT2D eigenvalue weighted by Gasteiger charge is -2.15. The molecule has 1 N–H and O–H groups in total. The Hall–Kier alpha value is -0.380. The highest BCUT2D eigenvalue weighted by atomic mass is 35.5. The van der Waals surface area contributed by atoms with Crippen molar-refractivity contribution in [3.8, 4) is 0 Å². The van der Waals surface area contributed by atoms with E-state index in [1.165, 1.54) is 6.07 Å². The van der Waals surface area contributed by atoms with Crippen molar-refractivity contribution in [3.63, 3.8) is 0 Å². The summed E-state index contributed by atoms with van der Waals surface area (Å²) in [4.78, 5) is 0. The summed E-state index contributed by atoms with van der Waals surface area (Å²) >= 11 is 11.2. The van der Waals surface area contributed by atoms with Gasteiger partial charge in [0.2, 0.25) is 0 Å². The second kappa shape index (κ2) is 4.43. The highest BCUT2D eigenvalue weighted by molar-refractivity contribution is 6.34. The van der Waals surface area contributed by atoms with Gasteiger partial charge in [-0.1, -0.05) is 23.2 Å². The monoisotopic (exact) mass is 240 g/mol. The van der Waals surface area contributed by atoms with Crippen LogP contribution >= 0.6 is 23.2 Å². The molecule has 1 aromatic rings. The maximum atomic E-state index is 13.2. The second-order valence-electron chi connectivity index (χ2n) is 2.84. The van der Waals surface area contributed by atoms with Gasteiger partial charge < -0.3 is 5.11 Å². The lowest BCUT2D eigenvalue weighted by atomic mass is 10.1. The van der Waals surface area contributed by atoms with Gasteiger partial charge >= 0.3 is 0 Å². The van der Waals surface area contributed by atoms with Crippen LogP contribution in [0.25, 0.3) is 0 Å². The summed E-state index contributed by atoms with van der Waals surface area (Å²) < 4.78 is 26.5. The first-order valence-electron chi connectivity index (χ1n) is 3.91. The van der Waals surface area contributed by atoms with Gasteiger partial charge in [0.1, 0.15) is 0 Å². The summed E-state index contributed by atoms with van der Waals surface area (Å²) in [5.74, 6) is -3.09. The average Bonchev–Trinajstić information content (AvgIpc) is 2.02. The van der Waals surface area contributed by atoms with Crippen LogP contribution in [0.1, 0.15) is 12.0 Å². The number of halogens is 4. The minimum atomic E-state index is -3.09. The molecule has 0 aliphatic heterocycles. The number of benzene rings is 1. The summed E-state index contributed by atoms with van der Waals surface area (Å²) in [7, 11) is 0. The van der Waals surface area contributed by atoms with Gasteiger partial charge in [-0.3, -0.25) is 0 Å². The van der Waals surface area contributed by atoms with E-state index in [1.807, 2.05) is 0 Å². The number of hydrogen-bond donors (Lipinski definition) is 1. The third-order valence-electron chi connectivity index (χ3n) is 1.71. The van der Waals surface area contributed by atoms with Crippen molar-refractivity contribution in [3.05, 3.63) is 33.8 Å². The van der Waals surface area contributed by atoms with Gasteiger partial charge in [-0.15, -0.1) is 0 Å². The zero-order valence-corrected chi connectivity index (χ0v) is 8.62. The van der Waals surface area contributed by atoms with E-state index < -0.39 is 19.0 Å². The van der Waals surface area contributed by atoms with Crippen LogP contribution in [0.2, 0.25) is 10.0 Å². The normalized spacial score (nSPS) is 11.8. The SMILES string of the molecule is OCCC(F)(F)c1cc(Cl)cc(Cl)c1. The first-order chi connectivity index (χ1) is 6.45. The lowest BCUT2D eigenvalue weighted by molar-refractivity contribution is -0.0269. The molecule has 0 unspecified atom stereocenters. The van der Waals surface area contributed by atoms with Crippen molar-refractivity contribution in [2.45, 2.75) is 12.3 Å². The Morgan fingerprint density at radius 1 is 1.14 bits per heavy atom. The van der Waals surface area contributed by atoms with Crippen LogP contribution in [0.4, 0.5) is 8.78 Å². The van der Waals surface area contributed by atoms with Crippen LogP contribution in [0.15, 0.2) is 18.2 Å². The third-order valence-corrected chi connectivity index (χ3v) is 2.15. The van der Waals surface area contributed by atoms with Crippen LogP contribution in [0.5, 0.6) is 0 Å². The molecule has 0 fully saturated rings. The van der Waals surface area contributed by atoms with E-state index in [-0.39, 0.29) is 15.6 Å². The molecule has 1 aromatic carbocycles. The summed E-state index contributed by atoms with van der Waals surface area (Å²) in [5.41, 5.74) is -0.274. The average molecular weight is 241 g/mol. The molecule has 0 spiro atoms. The molecule has 0 radical (unpaired) electrons. The van der Waals surface area contributed by atoms with Crippen molar-refractivity contribution < 1.29 is 13.9 Å². The van der Waals surface area contributed by atoms with Crippen molar-refractivity contribution in [2.24, 2.45) is 0 Å². The Morgan fingerprint density at radius 2 is 1.64 bits per heavy atom. The van der Waals surface area contributed by atoms with Gasteiger partial charge in [0.15, 0.2) is 0 Å². The van der Waals surface area contributed by atoms with Crippen LogP contribution in [0.3, 0.4) is 0 Å². The van der Waals surface area contributed by atoms with E-state index in [0.717, 1.165) is 12.1 Å². The fraction of sp³-hybridized carbons (Fsp3) is 0.333. The van der Waals surface area contributed by atoms with E-state index in [1.54, 1.807) is 0 Å². The molecule has 0 amide bonds. The topological polar surface area (TPSA) is 20.2 Å². The first kappa shape index (κ1) is 11.7. The molecule has 0 aromatic heterocycles. The molecule has 5 heteroatoms. The van der Waals surface area contributed by atoms with E-state index in [4.69, 9.17) is 28.3 Å². The molecule has 0 saturated carbocycles. The molecule has 14 heavy (non-hydrogen) atoms. The Balaban J connectivity index is 3.05. The number of aliphatic hydroxyl groups is 1. The van der Waals surface area contributed by atoms with Gasteiger partial charge in [-0.2, -0.15) is 0 Å². The van der Waals surface area contributed by atoms with Crippen LogP contribution in [-0.4, -0.2) is 11.7 Å². The molecule has 0 aliphatic carbocycles. The molecule has 1 rings (SSSR count). The third kappa shape index (κ3) is 2.80. The van der Waals surface area contributed by atoms with Gasteiger partial charge in [0.05, 0.1) is 0 Å². The molecule has 0 aliphatic rings. The van der Waals surface area contributed by atoms with Gasteiger partial charge in [-0.25, -0.2) is 8.78 Å². The number of aliphatic hydroxyl groups excluding tert-OH is 1. The van der Waals surface area contributed by atoms with E-state index in [2.05, 4.69) is 0 Å². The van der Waals surface area contributed by atoms with Crippen LogP contribution in [-0.2, 0) is 5.92 Å². The predicted octanol–water partition coefficient (Wildman–Crippen LogP) is 3.47. The Kier molecular flexibility index (Phi) is 3.70. The van der Waals surface area contributed by atoms with E-state index in [9.17, 15) is 8.78 Å². The fourth-order valence-corrected chi connectivity index (χ4v) is 1.58. The van der Waals surface area contributed by atoms with Crippen molar-refractivity contribution in [1.29, 1.82) is 0 Å². The highest BCUT2D eigenvalue weighted by Gasteiger charge is 2.31. The zero-order chi connectivity index (χ0) is 10.8. The van der Waals surface area contributed by atoms with Crippen molar-refractivity contribution in [1.82, 2.24) is 0 Å². The maximum Gasteiger partial charge on any atom is 0.275 e. The Bertz CT molecular complexity index is 308. The molecular formula is C9H8Cl2F2O. The molecule has 0 atom stereocenters. The van der Waals surface area contributed by atoms with Crippen molar-refractivity contribution >= 4 is 23.2 Å². The quantitative estimate of drug-likeness (QED) is 0.858. The van der Waals surface area contributed by atoms with Crippen molar-refractivity contribution in [2.75, 3.05) is 6.61 Å². The van der Waals surface area contributed by atoms with E-state index in [0.29, 0.717) is 0 Å². The zero-order valence-electron chi connectivity index (χ0n) is 7.11. The predicted molar refractivity (Wildman–Crippen MR) is 52.1 cm³/mol. The first-order valence-corrected chi connectivity index (χ1v) is 4.66. The molecule has 1 nitrogen and oxygen atoms in total. The molecule has 0 saturated heterocycles. The number of hydrogen-bond acceptors (Lipinski definition) is 1. The van der Waals surface area contributed by atoms with Gasteiger partial charge in [-0.05, 0) is 18.2 Å². The summed E-state index contributed by atoms with van der Waals surface area (Å²) in [5, 5.41) is 8.77. The standard InChI is InChI=1S/C9H8Cl2F2O/c10-7-3-6(4-8(11)5-7)9(12,13)1-2-14/h3-5,14H,1-2H2. The van der Waals surface area contributed by atoms with E-state index >= 15 is 0 Å². The summed E-state index contributed by atoms with van der Waals surface area (Å²) in [6.45, 7) is -0.586. The molecule has 0 heterocycles. The number of alkyl halides is 2. The number of rotatable bonds is 3. The second-order valence-corrected chi connectivity index (χ2v) is 3.71. The van der Waals surface area contributed by atoms with Gasteiger partial charge in [0, 0.05) is 28.6 Å². The Labute approximate surface area is 90.3 Å². The van der Waals surface area contributed by atoms with Gasteiger partial charge in [0.25, 0.3) is 5.92 Å².